The number of carbonyl (C=O) groups is 2. The van der Waals surface area contributed by atoms with Crippen LogP contribution >= 0.6 is 11.6 Å². The molecule has 1 aromatic heterocycles. The summed E-state index contributed by atoms with van der Waals surface area (Å²) >= 11 is 6.26. The molecule has 0 atom stereocenters. The second kappa shape index (κ2) is 9.37. The zero-order valence-corrected chi connectivity index (χ0v) is 20.6. The molecule has 0 saturated heterocycles. The highest BCUT2D eigenvalue weighted by Crippen LogP contribution is 2.34. The van der Waals surface area contributed by atoms with E-state index in [9.17, 15) is 9.59 Å². The molecule has 0 saturated carbocycles. The fraction of sp³-hybridized carbons (Fsp3) is 0.385. The molecular weight excluding hydrogens is 424 g/mol. The number of aromatic nitrogens is 1. The van der Waals surface area contributed by atoms with Gasteiger partial charge in [-0.2, -0.15) is 0 Å². The number of esters is 1. The molecule has 2 heterocycles. The van der Waals surface area contributed by atoms with Crippen LogP contribution in [-0.4, -0.2) is 34.5 Å². The molecule has 1 aliphatic heterocycles. The van der Waals surface area contributed by atoms with Crippen molar-refractivity contribution in [3.63, 3.8) is 0 Å². The molecule has 1 aliphatic rings. The largest absolute Gasteiger partial charge is 0.462 e. The fourth-order valence-corrected chi connectivity index (χ4v) is 4.36. The van der Waals surface area contributed by atoms with Crippen molar-refractivity contribution in [1.29, 1.82) is 0 Å². The van der Waals surface area contributed by atoms with Gasteiger partial charge < -0.3 is 14.2 Å². The van der Waals surface area contributed by atoms with Gasteiger partial charge >= 0.3 is 5.97 Å². The molecule has 170 valence electrons. The molecule has 32 heavy (non-hydrogen) atoms. The maximum absolute atomic E-state index is 13.3. The van der Waals surface area contributed by atoms with Crippen LogP contribution in [0.1, 0.15) is 50.2 Å². The van der Waals surface area contributed by atoms with Gasteiger partial charge in [-0.05, 0) is 75.9 Å². The SMILES string of the molecule is CCOC(=O)C1=C(C)N(CC(C)C)C(=O)/C1=C\c1cc(C)n(-c2cc(Cl)ccc2C)c1C. The van der Waals surface area contributed by atoms with E-state index in [4.69, 9.17) is 16.3 Å². The molecule has 0 bridgehead atoms. The number of allylic oxidation sites excluding steroid dienone is 1. The summed E-state index contributed by atoms with van der Waals surface area (Å²) in [6, 6.07) is 7.83. The van der Waals surface area contributed by atoms with Gasteiger partial charge in [0.2, 0.25) is 0 Å². The third-order valence-electron chi connectivity index (χ3n) is 5.72. The molecular formula is C26H31ClN2O3. The van der Waals surface area contributed by atoms with E-state index in [2.05, 4.69) is 4.57 Å². The predicted molar refractivity (Wildman–Crippen MR) is 129 cm³/mol. The van der Waals surface area contributed by atoms with Crippen LogP contribution in [0.25, 0.3) is 11.8 Å². The van der Waals surface area contributed by atoms with E-state index in [1.807, 2.05) is 71.9 Å². The number of ether oxygens (including phenoxy) is 1. The molecule has 5 nitrogen and oxygen atoms in total. The lowest BCUT2D eigenvalue weighted by atomic mass is 10.0. The Bertz CT molecular complexity index is 1140. The summed E-state index contributed by atoms with van der Waals surface area (Å²) < 4.78 is 7.41. The van der Waals surface area contributed by atoms with Gasteiger partial charge in [-0.25, -0.2) is 4.79 Å². The van der Waals surface area contributed by atoms with Gasteiger partial charge in [0.25, 0.3) is 5.91 Å². The monoisotopic (exact) mass is 454 g/mol. The number of hydrogen-bond acceptors (Lipinski definition) is 3. The van der Waals surface area contributed by atoms with Gasteiger partial charge in [-0.15, -0.1) is 0 Å². The molecule has 0 radical (unpaired) electrons. The average Bonchev–Trinajstić information content (AvgIpc) is 3.11. The minimum absolute atomic E-state index is 0.164. The van der Waals surface area contributed by atoms with E-state index < -0.39 is 5.97 Å². The van der Waals surface area contributed by atoms with Gasteiger partial charge in [0.1, 0.15) is 0 Å². The van der Waals surface area contributed by atoms with Crippen molar-refractivity contribution in [3.8, 4) is 5.69 Å². The lowest BCUT2D eigenvalue weighted by Gasteiger charge is -2.19. The Hall–Kier alpha value is -2.79. The first-order chi connectivity index (χ1) is 15.1. The Morgan fingerprint density at radius 2 is 1.84 bits per heavy atom. The highest BCUT2D eigenvalue weighted by atomic mass is 35.5. The van der Waals surface area contributed by atoms with Crippen molar-refractivity contribution in [2.24, 2.45) is 5.92 Å². The molecule has 1 aromatic carbocycles. The summed E-state index contributed by atoms with van der Waals surface area (Å²) in [5, 5.41) is 0.663. The van der Waals surface area contributed by atoms with Crippen molar-refractivity contribution >= 4 is 29.6 Å². The lowest BCUT2D eigenvalue weighted by Crippen LogP contribution is -2.28. The number of carbonyl (C=O) groups excluding carboxylic acids is 2. The second-order valence-corrected chi connectivity index (χ2v) is 9.08. The number of rotatable bonds is 6. The minimum Gasteiger partial charge on any atom is -0.462 e. The third-order valence-corrected chi connectivity index (χ3v) is 5.96. The molecule has 1 amide bonds. The van der Waals surface area contributed by atoms with Gasteiger partial charge in [0, 0.05) is 34.3 Å². The predicted octanol–water partition coefficient (Wildman–Crippen LogP) is 5.77. The molecule has 0 N–H and O–H groups in total. The summed E-state index contributed by atoms with van der Waals surface area (Å²) in [4.78, 5) is 27.8. The van der Waals surface area contributed by atoms with Crippen LogP contribution in [0.15, 0.2) is 41.1 Å². The smallest absolute Gasteiger partial charge is 0.340 e. The van der Waals surface area contributed by atoms with Crippen LogP contribution in [-0.2, 0) is 14.3 Å². The second-order valence-electron chi connectivity index (χ2n) is 8.64. The Balaban J connectivity index is 2.15. The Labute approximate surface area is 195 Å². The summed E-state index contributed by atoms with van der Waals surface area (Å²) in [5.74, 6) is -0.356. The molecule has 6 heteroatoms. The molecule has 3 rings (SSSR count). The molecule has 0 spiro atoms. The third kappa shape index (κ3) is 4.40. The van der Waals surface area contributed by atoms with Crippen LogP contribution in [0.4, 0.5) is 0 Å². The summed E-state index contributed by atoms with van der Waals surface area (Å²) in [6.07, 6.45) is 1.82. The average molecular weight is 455 g/mol. The summed E-state index contributed by atoms with van der Waals surface area (Å²) in [7, 11) is 0. The number of amides is 1. The van der Waals surface area contributed by atoms with Gasteiger partial charge in [-0.1, -0.05) is 31.5 Å². The first kappa shape index (κ1) is 23.9. The number of halogens is 1. The Morgan fingerprint density at radius 3 is 2.47 bits per heavy atom. The normalized spacial score (nSPS) is 15.5. The van der Waals surface area contributed by atoms with Crippen molar-refractivity contribution in [1.82, 2.24) is 9.47 Å². The standard InChI is InChI=1S/C26H31ClN2O3/c1-8-32-26(31)24-19(7)28(14-15(2)3)25(30)22(24)12-20-11-17(5)29(18(20)6)23-13-21(27)10-9-16(23)4/h9-13,15H,8,14H2,1-7H3/b22-12-. The van der Waals surface area contributed by atoms with Gasteiger partial charge in [-0.3, -0.25) is 4.79 Å². The first-order valence-electron chi connectivity index (χ1n) is 10.9. The van der Waals surface area contributed by atoms with Crippen LogP contribution < -0.4 is 0 Å². The van der Waals surface area contributed by atoms with E-state index in [-0.39, 0.29) is 18.4 Å². The van der Waals surface area contributed by atoms with Gasteiger partial charge in [0.15, 0.2) is 0 Å². The molecule has 0 aliphatic carbocycles. The van der Waals surface area contributed by atoms with E-state index in [0.29, 0.717) is 28.4 Å². The van der Waals surface area contributed by atoms with E-state index >= 15 is 0 Å². The lowest BCUT2D eigenvalue weighted by molar-refractivity contribution is -0.138. The van der Waals surface area contributed by atoms with Crippen LogP contribution in [0.5, 0.6) is 0 Å². The zero-order valence-electron chi connectivity index (χ0n) is 19.9. The van der Waals surface area contributed by atoms with Crippen molar-refractivity contribution < 1.29 is 14.3 Å². The molecule has 0 fully saturated rings. The Morgan fingerprint density at radius 1 is 1.16 bits per heavy atom. The van der Waals surface area contributed by atoms with Crippen LogP contribution in [0.3, 0.4) is 0 Å². The van der Waals surface area contributed by atoms with Crippen molar-refractivity contribution in [2.45, 2.75) is 48.5 Å². The zero-order chi connectivity index (χ0) is 23.7. The fourth-order valence-electron chi connectivity index (χ4n) is 4.20. The highest BCUT2D eigenvalue weighted by Gasteiger charge is 2.37. The van der Waals surface area contributed by atoms with E-state index in [1.165, 1.54) is 0 Å². The maximum Gasteiger partial charge on any atom is 0.340 e. The Kier molecular flexibility index (Phi) is 6.99. The summed E-state index contributed by atoms with van der Waals surface area (Å²) in [5.41, 5.74) is 6.33. The molecule has 0 unspecified atom stereocenters. The van der Waals surface area contributed by atoms with Gasteiger partial charge in [0.05, 0.1) is 17.8 Å². The number of hydrogen-bond donors (Lipinski definition) is 0. The minimum atomic E-state index is -0.463. The van der Waals surface area contributed by atoms with Crippen LogP contribution in [0, 0.1) is 26.7 Å². The number of benzene rings is 1. The first-order valence-corrected chi connectivity index (χ1v) is 11.3. The highest BCUT2D eigenvalue weighted by molar-refractivity contribution is 6.30. The summed E-state index contributed by atoms with van der Waals surface area (Å²) in [6.45, 7) is 14.5. The van der Waals surface area contributed by atoms with Crippen molar-refractivity contribution in [2.75, 3.05) is 13.2 Å². The topological polar surface area (TPSA) is 51.5 Å². The van der Waals surface area contributed by atoms with E-state index in [0.717, 1.165) is 28.2 Å². The molecule has 2 aromatic rings. The number of aryl methyl sites for hydroxylation is 2. The van der Waals surface area contributed by atoms with E-state index in [1.54, 1.807) is 11.8 Å². The quantitative estimate of drug-likeness (QED) is 0.411. The maximum atomic E-state index is 13.3. The number of nitrogens with zero attached hydrogens (tertiary/aromatic N) is 2. The van der Waals surface area contributed by atoms with Crippen molar-refractivity contribution in [3.05, 3.63) is 68.6 Å². The van der Waals surface area contributed by atoms with Crippen LogP contribution in [0.2, 0.25) is 5.02 Å².